The smallest absolute Gasteiger partial charge is 0.261 e. The average molecular weight is 223 g/mol. The molecule has 0 aromatic heterocycles. The summed E-state index contributed by atoms with van der Waals surface area (Å²) in [5.41, 5.74) is 0. The van der Waals surface area contributed by atoms with E-state index in [0.717, 1.165) is 11.9 Å². The Balaban J connectivity index is 2.49. The van der Waals surface area contributed by atoms with Gasteiger partial charge in [-0.15, -0.1) is 0 Å². The van der Waals surface area contributed by atoms with E-state index in [1.807, 2.05) is 6.92 Å². The Morgan fingerprint density at radius 1 is 1.43 bits per heavy atom. The summed E-state index contributed by atoms with van der Waals surface area (Å²) in [5.74, 6) is 0.125. The summed E-state index contributed by atoms with van der Waals surface area (Å²) < 4.78 is 7.09. The monoisotopic (exact) mass is 223 g/mol. The highest BCUT2D eigenvalue weighted by atomic mass is 32.2. The average Bonchev–Trinajstić information content (AvgIpc) is 2.42. The molecule has 4 N–H and O–H groups in total. The molecule has 0 radical (unpaired) electrons. The van der Waals surface area contributed by atoms with E-state index in [9.17, 15) is 9.90 Å². The van der Waals surface area contributed by atoms with Crippen molar-refractivity contribution >= 4 is 17.9 Å². The Hall–Kier alpha value is -0.340. The van der Waals surface area contributed by atoms with Crippen LogP contribution >= 0.6 is 11.9 Å². The van der Waals surface area contributed by atoms with Crippen LogP contribution in [0, 0.1) is 0 Å². The first-order chi connectivity index (χ1) is 6.57. The van der Waals surface area contributed by atoms with Gasteiger partial charge < -0.3 is 20.1 Å². The van der Waals surface area contributed by atoms with Crippen LogP contribution in [0.2, 0.25) is 0 Å². The van der Waals surface area contributed by atoms with Gasteiger partial charge in [0.1, 0.15) is 12.2 Å². The Kier molecular flexibility index (Phi) is 4.14. The minimum absolute atomic E-state index is 0.556. The molecule has 7 heteroatoms. The number of amides is 1. The standard InChI is InChI=1S/C7H13NO5S/c1-2-14-8-6(11)5-3(9)4(10)7(12)13-5/h3-5,7,9-10,12H,2H2,1H3,(H,8,11)/t3-,4+,5-,7?/m0/s1. The third-order valence-corrected chi connectivity index (χ3v) is 2.45. The molecule has 14 heavy (non-hydrogen) atoms. The highest BCUT2D eigenvalue weighted by Gasteiger charge is 2.45. The van der Waals surface area contributed by atoms with Gasteiger partial charge >= 0.3 is 0 Å². The van der Waals surface area contributed by atoms with Crippen LogP contribution in [0.3, 0.4) is 0 Å². The second-order valence-corrected chi connectivity index (χ2v) is 3.90. The van der Waals surface area contributed by atoms with Crippen LogP contribution in [-0.2, 0) is 9.53 Å². The summed E-state index contributed by atoms with van der Waals surface area (Å²) in [5, 5.41) is 27.4. The summed E-state index contributed by atoms with van der Waals surface area (Å²) in [7, 11) is 0. The van der Waals surface area contributed by atoms with E-state index in [0.29, 0.717) is 5.75 Å². The molecule has 1 rings (SSSR count). The van der Waals surface area contributed by atoms with E-state index in [1.54, 1.807) is 0 Å². The maximum Gasteiger partial charge on any atom is 0.261 e. The van der Waals surface area contributed by atoms with Crippen LogP contribution in [0.15, 0.2) is 0 Å². The lowest BCUT2D eigenvalue weighted by atomic mass is 10.1. The SMILES string of the molecule is CCSNC(=O)[C@H]1OC(O)[C@H](O)[C@@H]1O. The third-order valence-electron chi connectivity index (χ3n) is 1.81. The van der Waals surface area contributed by atoms with Gasteiger partial charge in [-0.05, 0) is 0 Å². The summed E-state index contributed by atoms with van der Waals surface area (Å²) in [6.07, 6.45) is -5.54. The van der Waals surface area contributed by atoms with Gasteiger partial charge in [0, 0.05) is 5.75 Å². The van der Waals surface area contributed by atoms with Crippen molar-refractivity contribution in [3.05, 3.63) is 0 Å². The van der Waals surface area contributed by atoms with E-state index in [4.69, 9.17) is 10.2 Å². The number of aliphatic hydroxyl groups excluding tert-OH is 3. The van der Waals surface area contributed by atoms with E-state index in [1.165, 1.54) is 0 Å². The van der Waals surface area contributed by atoms with E-state index in [-0.39, 0.29) is 0 Å². The Bertz CT molecular complexity index is 214. The van der Waals surface area contributed by atoms with Gasteiger partial charge in [-0.2, -0.15) is 0 Å². The van der Waals surface area contributed by atoms with Crippen molar-refractivity contribution in [3.63, 3.8) is 0 Å². The van der Waals surface area contributed by atoms with E-state index < -0.39 is 30.5 Å². The van der Waals surface area contributed by atoms with Crippen molar-refractivity contribution in [1.82, 2.24) is 4.72 Å². The molecule has 0 bridgehead atoms. The molecule has 1 aliphatic heterocycles. The third kappa shape index (κ3) is 2.37. The second kappa shape index (κ2) is 4.94. The number of nitrogens with one attached hydrogen (secondary N) is 1. The molecule has 0 saturated carbocycles. The first kappa shape index (κ1) is 11.7. The largest absolute Gasteiger partial charge is 0.387 e. The number of hydrogen-bond acceptors (Lipinski definition) is 6. The minimum Gasteiger partial charge on any atom is -0.387 e. The number of carbonyl (C=O) groups excluding carboxylic acids is 1. The molecule has 1 heterocycles. The number of aliphatic hydroxyl groups is 3. The summed E-state index contributed by atoms with van der Waals surface area (Å²) in [4.78, 5) is 11.3. The topological polar surface area (TPSA) is 99.0 Å². The fraction of sp³-hybridized carbons (Fsp3) is 0.857. The predicted octanol–water partition coefficient (Wildman–Crippen LogP) is -1.79. The maximum atomic E-state index is 11.3. The molecule has 0 aliphatic carbocycles. The van der Waals surface area contributed by atoms with Crippen molar-refractivity contribution < 1.29 is 24.9 Å². The zero-order valence-electron chi connectivity index (χ0n) is 7.58. The van der Waals surface area contributed by atoms with Gasteiger partial charge in [0.05, 0.1) is 0 Å². The molecule has 0 aromatic carbocycles. The van der Waals surface area contributed by atoms with Gasteiger partial charge in [-0.3, -0.25) is 9.52 Å². The molecule has 82 valence electrons. The van der Waals surface area contributed by atoms with Crippen molar-refractivity contribution in [2.45, 2.75) is 31.5 Å². The molecule has 0 aromatic rings. The Morgan fingerprint density at radius 3 is 2.50 bits per heavy atom. The lowest BCUT2D eigenvalue weighted by Crippen LogP contribution is -2.40. The molecule has 1 aliphatic rings. The van der Waals surface area contributed by atoms with E-state index >= 15 is 0 Å². The molecule has 0 spiro atoms. The number of carbonyl (C=O) groups is 1. The van der Waals surface area contributed by atoms with Gasteiger partial charge in [0.2, 0.25) is 0 Å². The summed E-state index contributed by atoms with van der Waals surface area (Å²) in [6.45, 7) is 1.85. The molecule has 1 unspecified atom stereocenters. The van der Waals surface area contributed by atoms with Crippen LogP contribution in [0.1, 0.15) is 6.92 Å². The van der Waals surface area contributed by atoms with Crippen LogP contribution in [0.25, 0.3) is 0 Å². The maximum absolute atomic E-state index is 11.3. The molecular formula is C7H13NO5S. The minimum atomic E-state index is -1.51. The van der Waals surface area contributed by atoms with Crippen molar-refractivity contribution in [2.75, 3.05) is 5.75 Å². The quantitative estimate of drug-likeness (QED) is 0.422. The Morgan fingerprint density at radius 2 is 2.07 bits per heavy atom. The second-order valence-electron chi connectivity index (χ2n) is 2.83. The molecule has 4 atom stereocenters. The van der Waals surface area contributed by atoms with Gasteiger partial charge in [0.15, 0.2) is 12.4 Å². The van der Waals surface area contributed by atoms with Crippen molar-refractivity contribution in [2.24, 2.45) is 0 Å². The van der Waals surface area contributed by atoms with Crippen LogP contribution < -0.4 is 4.72 Å². The zero-order valence-corrected chi connectivity index (χ0v) is 8.40. The summed E-state index contributed by atoms with van der Waals surface area (Å²) in [6, 6.07) is 0. The number of ether oxygens (including phenoxy) is 1. The first-order valence-electron chi connectivity index (χ1n) is 4.19. The van der Waals surface area contributed by atoms with Gasteiger partial charge in [0.25, 0.3) is 5.91 Å². The summed E-state index contributed by atoms with van der Waals surface area (Å²) >= 11 is 1.15. The highest BCUT2D eigenvalue weighted by molar-refractivity contribution is 7.97. The van der Waals surface area contributed by atoms with Crippen molar-refractivity contribution in [3.8, 4) is 0 Å². The first-order valence-corrected chi connectivity index (χ1v) is 5.17. The number of rotatable bonds is 3. The van der Waals surface area contributed by atoms with Gasteiger partial charge in [-0.25, -0.2) is 0 Å². The number of hydrogen-bond donors (Lipinski definition) is 4. The van der Waals surface area contributed by atoms with Crippen LogP contribution in [0.5, 0.6) is 0 Å². The normalized spacial score (nSPS) is 37.1. The van der Waals surface area contributed by atoms with Crippen molar-refractivity contribution in [1.29, 1.82) is 0 Å². The fourth-order valence-electron chi connectivity index (χ4n) is 1.08. The molecule has 1 fully saturated rings. The molecular weight excluding hydrogens is 210 g/mol. The fourth-order valence-corrected chi connectivity index (χ4v) is 1.48. The van der Waals surface area contributed by atoms with Crippen LogP contribution in [-0.4, -0.2) is 51.6 Å². The lowest BCUT2D eigenvalue weighted by molar-refractivity contribution is -0.149. The van der Waals surface area contributed by atoms with E-state index in [2.05, 4.69) is 9.46 Å². The van der Waals surface area contributed by atoms with Gasteiger partial charge in [-0.1, -0.05) is 18.9 Å². The molecule has 1 saturated heterocycles. The Labute approximate surface area is 85.4 Å². The molecule has 6 nitrogen and oxygen atoms in total. The molecule has 1 amide bonds. The highest BCUT2D eigenvalue weighted by Crippen LogP contribution is 2.19. The zero-order chi connectivity index (χ0) is 10.7. The lowest BCUT2D eigenvalue weighted by Gasteiger charge is -2.12. The predicted molar refractivity (Wildman–Crippen MR) is 49.2 cm³/mol. The van der Waals surface area contributed by atoms with Crippen LogP contribution in [0.4, 0.5) is 0 Å².